The molecule has 1 atom stereocenters. The molecule has 0 N–H and O–H groups in total. The lowest BCUT2D eigenvalue weighted by Crippen LogP contribution is -2.23. The summed E-state index contributed by atoms with van der Waals surface area (Å²) < 4.78 is 42.6. The molecule has 28 heavy (non-hydrogen) atoms. The van der Waals surface area contributed by atoms with Crippen molar-refractivity contribution in [2.75, 3.05) is 6.61 Å². The molecule has 0 radical (unpaired) electrons. The number of sulfonamides is 1. The Morgan fingerprint density at radius 3 is 2.64 bits per heavy atom. The van der Waals surface area contributed by atoms with E-state index in [1.165, 1.54) is 11.3 Å². The van der Waals surface area contributed by atoms with Crippen LogP contribution in [-0.2, 0) is 26.1 Å². The summed E-state index contributed by atoms with van der Waals surface area (Å²) in [5.41, 5.74) is 0.748. The molecule has 0 aliphatic carbocycles. The average Bonchev–Trinajstić information content (AvgIpc) is 2.73. The molecule has 1 fully saturated rings. The smallest absolute Gasteiger partial charge is 0.283 e. The number of hydrogen-bond donors (Lipinski definition) is 0. The van der Waals surface area contributed by atoms with Gasteiger partial charge in [-0.15, -0.1) is 15.7 Å². The molecule has 1 aromatic heterocycles. The standard InChI is InChI=1S/C21H21NO4S2/c23-28(24,18-9-2-1-3-10-18)22-21-17(15-26-20-12-6-7-13-25-20)14-16-8-4-5-11-19(16)27-21/h1-5,8-11,14,20H,6-7,12-13,15H2/b22-21-. The molecule has 2 heterocycles. The van der Waals surface area contributed by atoms with Gasteiger partial charge in [-0.05, 0) is 48.9 Å². The molecule has 7 heteroatoms. The van der Waals surface area contributed by atoms with E-state index in [2.05, 4.69) is 4.40 Å². The number of rotatable bonds is 5. The van der Waals surface area contributed by atoms with Crippen molar-refractivity contribution in [3.05, 3.63) is 70.9 Å². The van der Waals surface area contributed by atoms with Crippen LogP contribution < -0.4 is 4.67 Å². The Morgan fingerprint density at radius 1 is 1.07 bits per heavy atom. The van der Waals surface area contributed by atoms with Crippen LogP contribution in [0.3, 0.4) is 0 Å². The zero-order chi connectivity index (χ0) is 19.4. The molecule has 0 saturated carbocycles. The third-order valence-corrected chi connectivity index (χ3v) is 7.08. The van der Waals surface area contributed by atoms with Gasteiger partial charge in [-0.25, -0.2) is 0 Å². The van der Waals surface area contributed by atoms with Crippen molar-refractivity contribution in [2.24, 2.45) is 4.40 Å². The van der Waals surface area contributed by atoms with Gasteiger partial charge in [0.15, 0.2) is 6.29 Å². The quantitative estimate of drug-likeness (QED) is 0.625. The Labute approximate surface area is 168 Å². The fourth-order valence-electron chi connectivity index (χ4n) is 3.07. The molecular formula is C21H21NO4S2. The fourth-order valence-corrected chi connectivity index (χ4v) is 5.31. The molecule has 1 unspecified atom stereocenters. The summed E-state index contributed by atoms with van der Waals surface area (Å²) in [6.45, 7) is 0.958. The van der Waals surface area contributed by atoms with Gasteiger partial charge in [0.2, 0.25) is 0 Å². The second-order valence-electron chi connectivity index (χ2n) is 6.60. The van der Waals surface area contributed by atoms with Gasteiger partial charge in [-0.1, -0.05) is 36.4 Å². The predicted octanol–water partition coefficient (Wildman–Crippen LogP) is 4.23. The van der Waals surface area contributed by atoms with E-state index in [0.717, 1.165) is 34.9 Å². The predicted molar refractivity (Wildman–Crippen MR) is 109 cm³/mol. The van der Waals surface area contributed by atoms with E-state index in [9.17, 15) is 8.42 Å². The lowest BCUT2D eigenvalue weighted by molar-refractivity contribution is -0.169. The van der Waals surface area contributed by atoms with Crippen LogP contribution in [0.4, 0.5) is 0 Å². The normalized spacial score (nSPS) is 18.4. The number of hydrogen-bond acceptors (Lipinski definition) is 5. The third-order valence-electron chi connectivity index (χ3n) is 4.54. The fraction of sp³-hybridized carbons (Fsp3) is 0.286. The van der Waals surface area contributed by atoms with Gasteiger partial charge >= 0.3 is 0 Å². The number of nitrogens with zero attached hydrogens (tertiary/aromatic N) is 1. The summed E-state index contributed by atoms with van der Waals surface area (Å²) in [5, 5.41) is 1.03. The lowest BCUT2D eigenvalue weighted by atomic mass is 10.2. The molecule has 0 spiro atoms. The summed E-state index contributed by atoms with van der Waals surface area (Å²) in [7, 11) is -3.80. The van der Waals surface area contributed by atoms with Crippen molar-refractivity contribution in [3.8, 4) is 0 Å². The average molecular weight is 416 g/mol. The topological polar surface area (TPSA) is 65.0 Å². The molecule has 1 aliphatic rings. The first-order valence-corrected chi connectivity index (χ1v) is 11.5. The second-order valence-corrected chi connectivity index (χ2v) is 9.24. The highest BCUT2D eigenvalue weighted by atomic mass is 32.2. The van der Waals surface area contributed by atoms with E-state index < -0.39 is 10.0 Å². The summed E-state index contributed by atoms with van der Waals surface area (Å²) in [6.07, 6.45) is 2.73. The van der Waals surface area contributed by atoms with Crippen molar-refractivity contribution in [1.29, 1.82) is 0 Å². The SMILES string of the molecule is O=S(=O)(/N=c1\sc2ccccc2cc1COC1CCCCO1)c1ccccc1. The Balaban J connectivity index is 1.74. The first-order chi connectivity index (χ1) is 13.6. The van der Waals surface area contributed by atoms with Gasteiger partial charge in [0.25, 0.3) is 10.0 Å². The van der Waals surface area contributed by atoms with E-state index in [0.29, 0.717) is 11.3 Å². The van der Waals surface area contributed by atoms with Crippen molar-refractivity contribution in [1.82, 2.24) is 0 Å². The van der Waals surface area contributed by atoms with Gasteiger partial charge < -0.3 is 9.47 Å². The number of ether oxygens (including phenoxy) is 2. The Hall–Kier alpha value is -2.06. The molecule has 1 saturated heterocycles. The van der Waals surface area contributed by atoms with Crippen molar-refractivity contribution in [2.45, 2.75) is 37.1 Å². The highest BCUT2D eigenvalue weighted by Crippen LogP contribution is 2.20. The number of fused-ring (bicyclic) bond motifs is 1. The summed E-state index contributed by atoms with van der Waals surface area (Å²) in [5.74, 6) is 0. The van der Waals surface area contributed by atoms with Crippen LogP contribution in [-0.4, -0.2) is 21.3 Å². The lowest BCUT2D eigenvalue weighted by Gasteiger charge is -2.22. The van der Waals surface area contributed by atoms with E-state index in [1.807, 2.05) is 30.3 Å². The van der Waals surface area contributed by atoms with Crippen molar-refractivity contribution in [3.63, 3.8) is 0 Å². The number of benzene rings is 2. The molecule has 4 rings (SSSR count). The second kappa shape index (κ2) is 8.53. The largest absolute Gasteiger partial charge is 0.353 e. The van der Waals surface area contributed by atoms with Crippen LogP contribution in [0.5, 0.6) is 0 Å². The highest BCUT2D eigenvalue weighted by Gasteiger charge is 2.16. The molecule has 2 aromatic carbocycles. The van der Waals surface area contributed by atoms with Crippen LogP contribution in [0.15, 0.2) is 70.0 Å². The first-order valence-electron chi connectivity index (χ1n) is 9.23. The van der Waals surface area contributed by atoms with Crippen LogP contribution in [0, 0.1) is 0 Å². The van der Waals surface area contributed by atoms with Crippen LogP contribution >= 0.6 is 11.3 Å². The van der Waals surface area contributed by atoms with E-state index in [1.54, 1.807) is 30.3 Å². The van der Waals surface area contributed by atoms with Gasteiger partial charge in [0.05, 0.1) is 11.5 Å². The molecule has 5 nitrogen and oxygen atoms in total. The van der Waals surface area contributed by atoms with Gasteiger partial charge in [0, 0.05) is 16.9 Å². The molecule has 3 aromatic rings. The maximum atomic E-state index is 12.8. The highest BCUT2D eigenvalue weighted by molar-refractivity contribution is 7.90. The molecule has 0 amide bonds. The van der Waals surface area contributed by atoms with Crippen LogP contribution in [0.2, 0.25) is 0 Å². The van der Waals surface area contributed by atoms with Crippen LogP contribution in [0.25, 0.3) is 10.1 Å². The minimum atomic E-state index is -3.80. The van der Waals surface area contributed by atoms with E-state index >= 15 is 0 Å². The summed E-state index contributed by atoms with van der Waals surface area (Å²) in [6, 6.07) is 18.1. The monoisotopic (exact) mass is 415 g/mol. The Kier molecular flexibility index (Phi) is 5.87. The first kappa shape index (κ1) is 19.3. The minimum Gasteiger partial charge on any atom is -0.353 e. The van der Waals surface area contributed by atoms with Crippen LogP contribution in [0.1, 0.15) is 24.8 Å². The zero-order valence-corrected chi connectivity index (χ0v) is 16.9. The van der Waals surface area contributed by atoms with Gasteiger partial charge in [-0.3, -0.25) is 0 Å². The molecule has 146 valence electrons. The zero-order valence-electron chi connectivity index (χ0n) is 15.3. The Morgan fingerprint density at radius 2 is 1.86 bits per heavy atom. The third kappa shape index (κ3) is 4.50. The maximum absolute atomic E-state index is 12.8. The molecule has 0 bridgehead atoms. The minimum absolute atomic E-state index is 0.179. The van der Waals surface area contributed by atoms with Crippen molar-refractivity contribution >= 4 is 31.4 Å². The molecule has 1 aliphatic heterocycles. The summed E-state index contributed by atoms with van der Waals surface area (Å²) in [4.78, 5) is 0.179. The van der Waals surface area contributed by atoms with Gasteiger partial charge in [0.1, 0.15) is 4.67 Å². The van der Waals surface area contributed by atoms with E-state index in [4.69, 9.17) is 9.47 Å². The van der Waals surface area contributed by atoms with E-state index in [-0.39, 0.29) is 17.8 Å². The van der Waals surface area contributed by atoms with Gasteiger partial charge in [-0.2, -0.15) is 8.42 Å². The molecular weight excluding hydrogens is 394 g/mol. The summed E-state index contributed by atoms with van der Waals surface area (Å²) >= 11 is 1.35. The van der Waals surface area contributed by atoms with Crippen molar-refractivity contribution < 1.29 is 17.9 Å². The maximum Gasteiger partial charge on any atom is 0.283 e. The Bertz CT molecular complexity index is 1120.